The van der Waals surface area contributed by atoms with E-state index in [4.69, 9.17) is 16.0 Å². The van der Waals surface area contributed by atoms with Crippen LogP contribution in [0.1, 0.15) is 41.2 Å². The number of aromatic nitrogens is 4. The summed E-state index contributed by atoms with van der Waals surface area (Å²) in [5.74, 6) is 2.25. The highest BCUT2D eigenvalue weighted by molar-refractivity contribution is 6.20. The maximum absolute atomic E-state index is 6.26. The Morgan fingerprint density at radius 2 is 1.95 bits per heavy atom. The van der Waals surface area contributed by atoms with Crippen molar-refractivity contribution in [1.29, 1.82) is 0 Å². The zero-order chi connectivity index (χ0) is 15.1. The summed E-state index contributed by atoms with van der Waals surface area (Å²) in [5, 5.41) is -0.211. The van der Waals surface area contributed by atoms with Crippen molar-refractivity contribution in [2.45, 2.75) is 39.6 Å². The van der Waals surface area contributed by atoms with Gasteiger partial charge in [0.2, 0.25) is 5.89 Å². The van der Waals surface area contributed by atoms with Crippen molar-refractivity contribution in [2.75, 3.05) is 0 Å². The van der Waals surface area contributed by atoms with Gasteiger partial charge >= 0.3 is 0 Å². The Balaban J connectivity index is 2.14. The molecule has 0 bridgehead atoms. The van der Waals surface area contributed by atoms with Crippen LogP contribution in [0.5, 0.6) is 0 Å². The smallest absolute Gasteiger partial charge is 0.214 e. The molecule has 0 radical (unpaired) electrons. The van der Waals surface area contributed by atoms with E-state index in [1.165, 1.54) is 0 Å². The summed E-state index contributed by atoms with van der Waals surface area (Å²) in [5.41, 5.74) is 3.49. The largest absolute Gasteiger partial charge is 0.444 e. The second-order valence-corrected chi connectivity index (χ2v) is 5.87. The Labute approximate surface area is 128 Å². The second-order valence-electron chi connectivity index (χ2n) is 5.22. The lowest BCUT2D eigenvalue weighted by molar-refractivity contribution is 0.455. The summed E-state index contributed by atoms with van der Waals surface area (Å²) >= 11 is 6.26. The number of rotatable bonds is 3. The number of imidazole rings is 1. The van der Waals surface area contributed by atoms with Gasteiger partial charge in [0.15, 0.2) is 5.65 Å². The number of pyridine rings is 1. The van der Waals surface area contributed by atoms with Crippen LogP contribution in [0.4, 0.5) is 0 Å². The molecule has 3 aromatic heterocycles. The number of hydrogen-bond acceptors (Lipinski definition) is 4. The van der Waals surface area contributed by atoms with Crippen molar-refractivity contribution in [3.63, 3.8) is 0 Å². The van der Waals surface area contributed by atoms with E-state index in [2.05, 4.69) is 15.0 Å². The zero-order valence-corrected chi connectivity index (χ0v) is 13.3. The Hall–Kier alpha value is -1.88. The summed E-state index contributed by atoms with van der Waals surface area (Å²) in [7, 11) is 0. The van der Waals surface area contributed by atoms with Gasteiger partial charge in [0.1, 0.15) is 23.6 Å². The molecule has 3 heterocycles. The van der Waals surface area contributed by atoms with Crippen molar-refractivity contribution in [3.8, 4) is 0 Å². The van der Waals surface area contributed by atoms with Gasteiger partial charge in [-0.25, -0.2) is 15.0 Å². The first-order valence-corrected chi connectivity index (χ1v) is 7.30. The van der Waals surface area contributed by atoms with Crippen LogP contribution in [0.2, 0.25) is 0 Å². The molecule has 3 aromatic rings. The Morgan fingerprint density at radius 3 is 2.57 bits per heavy atom. The molecule has 0 N–H and O–H groups in total. The number of alkyl halides is 1. The van der Waals surface area contributed by atoms with Crippen molar-refractivity contribution < 1.29 is 4.42 Å². The van der Waals surface area contributed by atoms with Gasteiger partial charge in [-0.1, -0.05) is 0 Å². The van der Waals surface area contributed by atoms with Crippen LogP contribution in [-0.4, -0.2) is 19.5 Å². The van der Waals surface area contributed by atoms with Gasteiger partial charge in [0.25, 0.3) is 0 Å². The van der Waals surface area contributed by atoms with E-state index >= 15 is 0 Å². The average Bonchev–Trinajstić information content (AvgIpc) is 2.92. The summed E-state index contributed by atoms with van der Waals surface area (Å²) in [4.78, 5) is 13.6. The minimum absolute atomic E-state index is 0.211. The van der Waals surface area contributed by atoms with Gasteiger partial charge in [-0.05, 0) is 39.8 Å². The quantitative estimate of drug-likeness (QED) is 0.692. The molecule has 0 aromatic carbocycles. The standard InChI is InChI=1S/C15H17ClN4O/c1-8-5-6-12-15(17-8)20(14(19-12)9(2)16)7-13-18-10(3)11(4)21-13/h5-6,9H,7H2,1-4H3. The fraction of sp³-hybridized carbons (Fsp3) is 0.400. The van der Waals surface area contributed by atoms with Gasteiger partial charge in [-0.15, -0.1) is 11.6 Å². The molecule has 110 valence electrons. The molecular weight excluding hydrogens is 288 g/mol. The third kappa shape index (κ3) is 2.53. The predicted octanol–water partition coefficient (Wildman–Crippen LogP) is 3.69. The van der Waals surface area contributed by atoms with Gasteiger partial charge in [-0.3, -0.25) is 0 Å². The molecule has 0 aliphatic rings. The van der Waals surface area contributed by atoms with E-state index in [1.54, 1.807) is 0 Å². The third-order valence-electron chi connectivity index (χ3n) is 3.48. The van der Waals surface area contributed by atoms with E-state index in [0.717, 1.165) is 34.1 Å². The SMILES string of the molecule is Cc1ccc2nc(C(C)Cl)n(Cc3nc(C)c(C)o3)c2n1. The van der Waals surface area contributed by atoms with Crippen LogP contribution < -0.4 is 0 Å². The molecule has 0 aliphatic carbocycles. The normalized spacial score (nSPS) is 13.0. The van der Waals surface area contributed by atoms with Crippen LogP contribution >= 0.6 is 11.6 Å². The number of oxazole rings is 1. The van der Waals surface area contributed by atoms with Crippen molar-refractivity contribution in [3.05, 3.63) is 41.0 Å². The maximum Gasteiger partial charge on any atom is 0.214 e. The number of aryl methyl sites for hydroxylation is 3. The molecule has 0 amide bonds. The molecule has 3 rings (SSSR count). The lowest BCUT2D eigenvalue weighted by Crippen LogP contribution is -2.07. The van der Waals surface area contributed by atoms with Crippen LogP contribution in [0.3, 0.4) is 0 Å². The minimum Gasteiger partial charge on any atom is -0.444 e. The third-order valence-corrected chi connectivity index (χ3v) is 3.68. The Bertz CT molecular complexity index is 784. The highest BCUT2D eigenvalue weighted by atomic mass is 35.5. The van der Waals surface area contributed by atoms with E-state index in [1.807, 2.05) is 44.4 Å². The topological polar surface area (TPSA) is 56.7 Å². The fourth-order valence-corrected chi connectivity index (χ4v) is 2.48. The van der Waals surface area contributed by atoms with E-state index < -0.39 is 0 Å². The highest BCUT2D eigenvalue weighted by Crippen LogP contribution is 2.25. The predicted molar refractivity (Wildman–Crippen MR) is 81.6 cm³/mol. The van der Waals surface area contributed by atoms with E-state index in [0.29, 0.717) is 12.4 Å². The Morgan fingerprint density at radius 1 is 1.19 bits per heavy atom. The first-order chi connectivity index (χ1) is 9.95. The molecule has 0 saturated heterocycles. The molecule has 6 heteroatoms. The van der Waals surface area contributed by atoms with Gasteiger partial charge in [-0.2, -0.15) is 0 Å². The molecule has 1 atom stereocenters. The van der Waals surface area contributed by atoms with Crippen LogP contribution in [0.25, 0.3) is 11.2 Å². The summed E-state index contributed by atoms with van der Waals surface area (Å²) in [6, 6.07) is 3.91. The first-order valence-electron chi connectivity index (χ1n) is 6.86. The van der Waals surface area contributed by atoms with Crippen LogP contribution in [0, 0.1) is 20.8 Å². The van der Waals surface area contributed by atoms with E-state index in [-0.39, 0.29) is 5.38 Å². The fourth-order valence-electron chi connectivity index (χ4n) is 2.32. The number of hydrogen-bond donors (Lipinski definition) is 0. The first kappa shape index (κ1) is 14.1. The van der Waals surface area contributed by atoms with Gasteiger partial charge < -0.3 is 8.98 Å². The van der Waals surface area contributed by atoms with Gasteiger partial charge in [0.05, 0.1) is 11.1 Å². The summed E-state index contributed by atoms with van der Waals surface area (Å²) in [6.45, 7) is 8.18. The lowest BCUT2D eigenvalue weighted by atomic mass is 10.3. The lowest BCUT2D eigenvalue weighted by Gasteiger charge is -2.07. The molecule has 0 aliphatic heterocycles. The second kappa shape index (κ2) is 5.15. The number of fused-ring (bicyclic) bond motifs is 1. The average molecular weight is 305 g/mol. The van der Waals surface area contributed by atoms with Crippen molar-refractivity contribution in [1.82, 2.24) is 19.5 Å². The van der Waals surface area contributed by atoms with Crippen LogP contribution in [-0.2, 0) is 6.54 Å². The van der Waals surface area contributed by atoms with Gasteiger partial charge in [0, 0.05) is 5.69 Å². The molecule has 21 heavy (non-hydrogen) atoms. The summed E-state index contributed by atoms with van der Waals surface area (Å²) in [6.07, 6.45) is 0. The Kier molecular flexibility index (Phi) is 3.45. The van der Waals surface area contributed by atoms with Crippen molar-refractivity contribution in [2.24, 2.45) is 0 Å². The zero-order valence-electron chi connectivity index (χ0n) is 12.5. The molecule has 1 unspecified atom stereocenters. The maximum atomic E-state index is 6.26. The minimum atomic E-state index is -0.211. The molecule has 0 saturated carbocycles. The highest BCUT2D eigenvalue weighted by Gasteiger charge is 2.18. The molecule has 5 nitrogen and oxygen atoms in total. The van der Waals surface area contributed by atoms with Crippen LogP contribution in [0.15, 0.2) is 16.5 Å². The van der Waals surface area contributed by atoms with Crippen molar-refractivity contribution >= 4 is 22.8 Å². The summed E-state index contributed by atoms with van der Waals surface area (Å²) < 4.78 is 7.65. The number of halogens is 1. The molecular formula is C15H17ClN4O. The monoisotopic (exact) mass is 304 g/mol. The molecule has 0 fully saturated rings. The number of nitrogens with zero attached hydrogens (tertiary/aromatic N) is 4. The van der Waals surface area contributed by atoms with E-state index in [9.17, 15) is 0 Å². The molecule has 0 spiro atoms.